The van der Waals surface area contributed by atoms with E-state index in [2.05, 4.69) is 5.32 Å². The number of likely N-dealkylation sites (N-methyl/N-ethyl adjacent to an activating group) is 1. The van der Waals surface area contributed by atoms with E-state index in [1.54, 1.807) is 14.0 Å². The molecule has 2 atom stereocenters. The van der Waals surface area contributed by atoms with Crippen molar-refractivity contribution < 1.29 is 14.5 Å². The Labute approximate surface area is 116 Å². The van der Waals surface area contributed by atoms with Crippen LogP contribution in [0.2, 0.25) is 10.0 Å². The average molecular weight is 294 g/mol. The number of rotatable bonds is 4. The molecule has 0 radical (unpaired) electrons. The number of nitrogens with two attached hydrogens (primary N) is 1. The Morgan fingerprint density at radius 1 is 1.33 bits per heavy atom. The zero-order valence-corrected chi connectivity index (χ0v) is 11.9. The number of hydrogen-bond donors (Lipinski definition) is 2. The molecule has 0 saturated carbocycles. The fraction of sp³-hybridized carbons (Fsp3) is 0.417. The van der Waals surface area contributed by atoms with Crippen molar-refractivity contribution in [3.63, 3.8) is 0 Å². The van der Waals surface area contributed by atoms with Crippen molar-refractivity contribution in [2.75, 3.05) is 7.05 Å². The summed E-state index contributed by atoms with van der Waals surface area (Å²) in [4.78, 5) is 11.4. The molecule has 0 saturated heterocycles. The number of nitrogens with one attached hydrogen (secondary N) is 1. The monoisotopic (exact) mass is 293 g/mol. The zero-order valence-electron chi connectivity index (χ0n) is 10.4. The average Bonchev–Trinajstić information content (AvgIpc) is 2.32. The highest BCUT2D eigenvalue weighted by Crippen LogP contribution is 2.27. The maximum atomic E-state index is 13.4. The normalized spacial score (nSPS) is 14.1. The van der Waals surface area contributed by atoms with Crippen molar-refractivity contribution >= 4 is 29.1 Å². The van der Waals surface area contributed by atoms with E-state index in [0.29, 0.717) is 10.6 Å². The molecule has 0 unspecified atom stereocenters. The van der Waals surface area contributed by atoms with Crippen molar-refractivity contribution in [3.05, 3.63) is 33.6 Å². The minimum absolute atomic E-state index is 0.00435. The molecular weight excluding hydrogens is 278 g/mol. The lowest BCUT2D eigenvalue weighted by Gasteiger charge is -2.17. The van der Waals surface area contributed by atoms with Crippen LogP contribution in [0.25, 0.3) is 0 Å². The van der Waals surface area contributed by atoms with E-state index in [0.717, 1.165) is 0 Å². The predicted octanol–water partition coefficient (Wildman–Crippen LogP) is 1.89. The van der Waals surface area contributed by atoms with Crippen LogP contribution in [0.3, 0.4) is 0 Å². The summed E-state index contributed by atoms with van der Waals surface area (Å²) in [7, 11) is 1.58. The second kappa shape index (κ2) is 6.36. The van der Waals surface area contributed by atoms with Gasteiger partial charge in [-0.25, -0.2) is 4.39 Å². The molecule has 0 fully saturated rings. The molecule has 0 aliphatic carbocycles. The van der Waals surface area contributed by atoms with Crippen LogP contribution in [0.4, 0.5) is 4.39 Å². The van der Waals surface area contributed by atoms with Crippen molar-refractivity contribution in [1.29, 1.82) is 0 Å². The van der Waals surface area contributed by atoms with Crippen molar-refractivity contribution in [1.82, 2.24) is 5.32 Å². The van der Waals surface area contributed by atoms with Gasteiger partial charge in [0.1, 0.15) is 11.9 Å². The summed E-state index contributed by atoms with van der Waals surface area (Å²) in [6, 6.07) is 2.27. The lowest BCUT2D eigenvalue weighted by atomic mass is 10.1. The quantitative estimate of drug-likeness (QED) is 0.818. The first-order valence-electron chi connectivity index (χ1n) is 5.57. The Kier molecular flexibility index (Phi) is 5.38. The molecule has 0 bridgehead atoms. The minimum atomic E-state index is -0.510. The SMILES string of the molecule is CNC(=O)[C@@H](C)[NH2+][C@H](C)c1cc(F)c(Cl)cc1Cl. The second-order valence-electron chi connectivity index (χ2n) is 4.17. The highest BCUT2D eigenvalue weighted by Gasteiger charge is 2.21. The molecule has 18 heavy (non-hydrogen) atoms. The number of carbonyl (C=O) groups is 1. The maximum absolute atomic E-state index is 13.4. The number of hydrogen-bond acceptors (Lipinski definition) is 1. The third-order valence-corrected chi connectivity index (χ3v) is 3.38. The van der Waals surface area contributed by atoms with Crippen LogP contribution >= 0.6 is 23.2 Å². The maximum Gasteiger partial charge on any atom is 0.277 e. The van der Waals surface area contributed by atoms with Crippen LogP contribution in [0.15, 0.2) is 12.1 Å². The summed E-state index contributed by atoms with van der Waals surface area (Å²) < 4.78 is 13.4. The Bertz CT molecular complexity index is 454. The third kappa shape index (κ3) is 3.57. The molecule has 0 spiro atoms. The molecule has 0 heterocycles. The molecule has 100 valence electrons. The van der Waals surface area contributed by atoms with Crippen LogP contribution in [0.5, 0.6) is 0 Å². The number of amides is 1. The summed E-state index contributed by atoms with van der Waals surface area (Å²) in [6.07, 6.45) is 0. The highest BCUT2D eigenvalue weighted by molar-refractivity contribution is 6.35. The second-order valence-corrected chi connectivity index (χ2v) is 4.99. The first kappa shape index (κ1) is 15.2. The summed E-state index contributed by atoms with van der Waals surface area (Å²) in [5, 5.41) is 4.76. The van der Waals surface area contributed by atoms with Gasteiger partial charge in [0.2, 0.25) is 0 Å². The topological polar surface area (TPSA) is 45.7 Å². The van der Waals surface area contributed by atoms with Gasteiger partial charge in [-0.15, -0.1) is 0 Å². The van der Waals surface area contributed by atoms with E-state index < -0.39 is 5.82 Å². The van der Waals surface area contributed by atoms with E-state index >= 15 is 0 Å². The summed E-state index contributed by atoms with van der Waals surface area (Å²) in [6.45, 7) is 3.63. The van der Waals surface area contributed by atoms with E-state index in [-0.39, 0.29) is 23.0 Å². The lowest BCUT2D eigenvalue weighted by Crippen LogP contribution is -2.92. The molecule has 1 rings (SSSR count). The van der Waals surface area contributed by atoms with Crippen molar-refractivity contribution in [3.8, 4) is 0 Å². The largest absolute Gasteiger partial charge is 0.354 e. The van der Waals surface area contributed by atoms with Crippen LogP contribution in [0, 0.1) is 5.82 Å². The minimum Gasteiger partial charge on any atom is -0.354 e. The van der Waals surface area contributed by atoms with Gasteiger partial charge in [0.25, 0.3) is 5.91 Å². The summed E-state index contributed by atoms with van der Waals surface area (Å²) in [5.74, 6) is -0.601. The van der Waals surface area contributed by atoms with Crippen molar-refractivity contribution in [2.24, 2.45) is 0 Å². The van der Waals surface area contributed by atoms with E-state index in [1.165, 1.54) is 12.1 Å². The number of benzene rings is 1. The first-order valence-corrected chi connectivity index (χ1v) is 6.33. The lowest BCUT2D eigenvalue weighted by molar-refractivity contribution is -0.710. The van der Waals surface area contributed by atoms with Gasteiger partial charge in [-0.3, -0.25) is 4.79 Å². The number of halogens is 3. The smallest absolute Gasteiger partial charge is 0.277 e. The van der Waals surface area contributed by atoms with Gasteiger partial charge >= 0.3 is 0 Å². The van der Waals surface area contributed by atoms with Gasteiger partial charge in [0.05, 0.1) is 10.0 Å². The summed E-state index contributed by atoms with van der Waals surface area (Å²) in [5.41, 5.74) is 0.620. The molecular formula is C12H16Cl2FN2O+. The fourth-order valence-electron chi connectivity index (χ4n) is 1.74. The van der Waals surface area contributed by atoms with Crippen LogP contribution in [-0.4, -0.2) is 19.0 Å². The molecule has 3 N–H and O–H groups in total. The molecule has 1 aromatic rings. The van der Waals surface area contributed by atoms with Crippen LogP contribution in [0.1, 0.15) is 25.5 Å². The van der Waals surface area contributed by atoms with E-state index in [4.69, 9.17) is 23.2 Å². The van der Waals surface area contributed by atoms with Gasteiger partial charge in [0, 0.05) is 12.6 Å². The van der Waals surface area contributed by atoms with Gasteiger partial charge in [-0.2, -0.15) is 0 Å². The molecule has 3 nitrogen and oxygen atoms in total. The Balaban J connectivity index is 2.87. The standard InChI is InChI=1S/C12H15Cl2FN2O/c1-6(17-7(2)12(18)16-3)8-4-11(15)10(14)5-9(8)13/h4-7,17H,1-3H3,(H,16,18)/p+1/t6-,7-/m1/s1. The summed E-state index contributed by atoms with van der Waals surface area (Å²) >= 11 is 11.7. The van der Waals surface area contributed by atoms with Gasteiger partial charge in [-0.1, -0.05) is 23.2 Å². The Morgan fingerprint density at radius 3 is 2.50 bits per heavy atom. The molecule has 6 heteroatoms. The van der Waals surface area contributed by atoms with Crippen LogP contribution in [-0.2, 0) is 4.79 Å². The fourth-order valence-corrected chi connectivity index (χ4v) is 2.29. The van der Waals surface area contributed by atoms with E-state index in [9.17, 15) is 9.18 Å². The first-order chi connectivity index (χ1) is 8.36. The zero-order chi connectivity index (χ0) is 13.9. The van der Waals surface area contributed by atoms with Gasteiger partial charge in [0.15, 0.2) is 6.04 Å². The van der Waals surface area contributed by atoms with Crippen LogP contribution < -0.4 is 10.6 Å². The third-order valence-electron chi connectivity index (χ3n) is 2.77. The van der Waals surface area contributed by atoms with Gasteiger partial charge < -0.3 is 10.6 Å². The number of carbonyl (C=O) groups excluding carboxylic acids is 1. The Hall–Kier alpha value is -0.840. The van der Waals surface area contributed by atoms with Crippen molar-refractivity contribution in [2.45, 2.75) is 25.9 Å². The molecule has 1 aromatic carbocycles. The predicted molar refractivity (Wildman–Crippen MR) is 70.3 cm³/mol. The highest BCUT2D eigenvalue weighted by atomic mass is 35.5. The molecule has 0 aliphatic rings. The molecule has 0 aromatic heterocycles. The van der Waals surface area contributed by atoms with E-state index in [1.807, 2.05) is 12.2 Å². The molecule has 0 aliphatic heterocycles. The van der Waals surface area contributed by atoms with Gasteiger partial charge in [-0.05, 0) is 26.0 Å². The molecule has 1 amide bonds. The number of quaternary nitrogens is 1. The Morgan fingerprint density at radius 2 is 1.94 bits per heavy atom.